The first-order valence-corrected chi connectivity index (χ1v) is 7.32. The maximum absolute atomic E-state index is 12.6. The van der Waals surface area contributed by atoms with Crippen LogP contribution in [0.15, 0.2) is 41.7 Å². The van der Waals surface area contributed by atoms with E-state index in [4.69, 9.17) is 4.42 Å². The molecule has 1 saturated heterocycles. The highest BCUT2D eigenvalue weighted by Gasteiger charge is 2.31. The number of fused-ring (bicyclic) bond motifs is 1. The number of nitrogens with zero attached hydrogens (tertiary/aromatic N) is 5. The minimum atomic E-state index is -0.132. The Morgan fingerprint density at radius 1 is 1.32 bits per heavy atom. The van der Waals surface area contributed by atoms with E-state index in [9.17, 15) is 4.79 Å². The Morgan fingerprint density at radius 3 is 3.14 bits per heavy atom. The number of carbonyl (C=O) groups excluding carboxylic acids is 1. The molecule has 0 saturated carbocycles. The number of oxazole rings is 1. The van der Waals surface area contributed by atoms with Crippen LogP contribution in [0.4, 0.5) is 0 Å². The maximum atomic E-state index is 12.6. The molecule has 1 amide bonds. The first kappa shape index (κ1) is 13.0. The summed E-state index contributed by atoms with van der Waals surface area (Å²) in [6, 6.07) is 1.90. The van der Waals surface area contributed by atoms with Crippen LogP contribution in [0.1, 0.15) is 41.6 Å². The lowest BCUT2D eigenvalue weighted by molar-refractivity contribution is 0.0573. The van der Waals surface area contributed by atoms with E-state index in [1.54, 1.807) is 6.20 Å². The van der Waals surface area contributed by atoms with Crippen LogP contribution in [-0.4, -0.2) is 36.7 Å². The number of rotatable bonds is 2. The lowest BCUT2D eigenvalue weighted by Gasteiger charge is -2.34. The van der Waals surface area contributed by atoms with Crippen molar-refractivity contribution in [2.24, 2.45) is 0 Å². The first-order valence-electron chi connectivity index (χ1n) is 7.32. The van der Waals surface area contributed by atoms with Crippen LogP contribution >= 0.6 is 0 Å². The molecule has 1 atom stereocenters. The molecule has 3 aromatic rings. The maximum Gasteiger partial charge on any atom is 0.291 e. The number of piperidine rings is 1. The van der Waals surface area contributed by atoms with Gasteiger partial charge < -0.3 is 9.32 Å². The lowest BCUT2D eigenvalue weighted by atomic mass is 9.99. The summed E-state index contributed by atoms with van der Waals surface area (Å²) < 4.78 is 7.01. The summed E-state index contributed by atoms with van der Waals surface area (Å²) in [6.07, 6.45) is 11.2. The lowest BCUT2D eigenvalue weighted by Crippen LogP contribution is -2.38. The third kappa shape index (κ3) is 2.14. The molecule has 0 N–H and O–H groups in total. The third-order valence-corrected chi connectivity index (χ3v) is 4.03. The van der Waals surface area contributed by atoms with Crippen LogP contribution in [0.5, 0.6) is 0 Å². The van der Waals surface area contributed by atoms with E-state index in [0.29, 0.717) is 12.3 Å². The normalized spacial score (nSPS) is 18.7. The number of amides is 1. The minimum Gasteiger partial charge on any atom is -0.438 e. The van der Waals surface area contributed by atoms with E-state index in [2.05, 4.69) is 15.0 Å². The van der Waals surface area contributed by atoms with Crippen molar-refractivity contribution in [1.29, 1.82) is 0 Å². The van der Waals surface area contributed by atoms with Crippen molar-refractivity contribution >= 4 is 11.7 Å². The molecule has 0 aromatic carbocycles. The fourth-order valence-corrected chi connectivity index (χ4v) is 2.95. The van der Waals surface area contributed by atoms with Gasteiger partial charge in [0.05, 0.1) is 17.9 Å². The topological polar surface area (TPSA) is 76.5 Å². The molecule has 1 aliphatic rings. The quantitative estimate of drug-likeness (QED) is 0.724. The van der Waals surface area contributed by atoms with Crippen molar-refractivity contribution in [3.63, 3.8) is 0 Å². The van der Waals surface area contributed by atoms with Crippen molar-refractivity contribution in [3.05, 3.63) is 48.7 Å². The second-order valence-corrected chi connectivity index (χ2v) is 5.36. The summed E-state index contributed by atoms with van der Waals surface area (Å²) >= 11 is 0. The monoisotopic (exact) mass is 297 g/mol. The van der Waals surface area contributed by atoms with Crippen LogP contribution < -0.4 is 0 Å². The van der Waals surface area contributed by atoms with E-state index in [1.165, 1.54) is 12.6 Å². The summed E-state index contributed by atoms with van der Waals surface area (Å²) in [6.45, 7) is 0.700. The molecule has 4 heterocycles. The van der Waals surface area contributed by atoms with Gasteiger partial charge in [-0.2, -0.15) is 0 Å². The number of imidazole rings is 1. The van der Waals surface area contributed by atoms with Crippen molar-refractivity contribution in [3.8, 4) is 0 Å². The van der Waals surface area contributed by atoms with Crippen molar-refractivity contribution in [1.82, 2.24) is 24.3 Å². The molecule has 7 heteroatoms. The molecule has 0 aliphatic carbocycles. The SMILES string of the molecule is O=C(c1cnco1)N1CCCC[C@H]1c1ccn2ccnc2n1. The summed E-state index contributed by atoms with van der Waals surface area (Å²) in [4.78, 5) is 27.1. The van der Waals surface area contributed by atoms with Gasteiger partial charge in [0, 0.05) is 25.1 Å². The summed E-state index contributed by atoms with van der Waals surface area (Å²) in [5.41, 5.74) is 0.867. The molecule has 112 valence electrons. The predicted molar refractivity (Wildman–Crippen MR) is 77.1 cm³/mol. The molecular weight excluding hydrogens is 282 g/mol. The Kier molecular flexibility index (Phi) is 3.10. The molecule has 1 aliphatic heterocycles. The Hall–Kier alpha value is -2.70. The predicted octanol–water partition coefficient (Wildman–Crippen LogP) is 2.08. The third-order valence-electron chi connectivity index (χ3n) is 4.03. The number of hydrogen-bond donors (Lipinski definition) is 0. The molecule has 4 rings (SSSR count). The highest BCUT2D eigenvalue weighted by molar-refractivity contribution is 5.91. The van der Waals surface area contributed by atoms with E-state index in [0.717, 1.165) is 25.0 Å². The van der Waals surface area contributed by atoms with Gasteiger partial charge in [0.1, 0.15) is 0 Å². The molecule has 0 spiro atoms. The zero-order valence-electron chi connectivity index (χ0n) is 11.9. The standard InChI is InChI=1S/C15H15N5O2/c21-14(13-9-16-10-22-13)20-6-2-1-3-12(20)11-4-7-19-8-5-17-15(19)18-11/h4-5,7-10,12H,1-3,6H2/t12-/m0/s1. The Labute approximate surface area is 126 Å². The van der Waals surface area contributed by atoms with E-state index in [1.807, 2.05) is 27.8 Å². The van der Waals surface area contributed by atoms with Crippen LogP contribution in [0, 0.1) is 0 Å². The molecule has 0 unspecified atom stereocenters. The molecule has 0 radical (unpaired) electrons. The van der Waals surface area contributed by atoms with Gasteiger partial charge in [-0.15, -0.1) is 0 Å². The Balaban J connectivity index is 1.69. The Bertz CT molecular complexity index is 795. The smallest absolute Gasteiger partial charge is 0.291 e. The zero-order valence-corrected chi connectivity index (χ0v) is 11.9. The average Bonchev–Trinajstić information content (AvgIpc) is 3.24. The number of aromatic nitrogens is 4. The molecule has 0 bridgehead atoms. The molecule has 1 fully saturated rings. The highest BCUT2D eigenvalue weighted by atomic mass is 16.3. The van der Waals surface area contributed by atoms with Gasteiger partial charge in [0.25, 0.3) is 5.91 Å². The summed E-state index contributed by atoms with van der Waals surface area (Å²) in [5, 5.41) is 0. The van der Waals surface area contributed by atoms with Gasteiger partial charge in [0.2, 0.25) is 11.5 Å². The molecule has 22 heavy (non-hydrogen) atoms. The summed E-state index contributed by atoms with van der Waals surface area (Å²) in [5.74, 6) is 0.788. The van der Waals surface area contributed by atoms with Crippen LogP contribution in [-0.2, 0) is 0 Å². The van der Waals surface area contributed by atoms with Crippen molar-refractivity contribution in [2.45, 2.75) is 25.3 Å². The second kappa shape index (κ2) is 5.25. The van der Waals surface area contributed by atoms with Gasteiger partial charge in [-0.05, 0) is 25.3 Å². The van der Waals surface area contributed by atoms with Gasteiger partial charge >= 0.3 is 0 Å². The van der Waals surface area contributed by atoms with Crippen LogP contribution in [0.3, 0.4) is 0 Å². The van der Waals surface area contributed by atoms with Gasteiger partial charge in [0.15, 0.2) is 6.39 Å². The minimum absolute atomic E-state index is 0.0481. The molecule has 3 aromatic heterocycles. The fourth-order valence-electron chi connectivity index (χ4n) is 2.95. The Morgan fingerprint density at radius 2 is 2.27 bits per heavy atom. The summed E-state index contributed by atoms with van der Waals surface area (Å²) in [7, 11) is 0. The number of carbonyl (C=O) groups is 1. The van der Waals surface area contributed by atoms with E-state index in [-0.39, 0.29) is 17.7 Å². The van der Waals surface area contributed by atoms with Gasteiger partial charge in [-0.1, -0.05) is 0 Å². The van der Waals surface area contributed by atoms with Crippen molar-refractivity contribution in [2.75, 3.05) is 6.54 Å². The van der Waals surface area contributed by atoms with Gasteiger partial charge in [-0.3, -0.25) is 9.20 Å². The second-order valence-electron chi connectivity index (χ2n) is 5.36. The highest BCUT2D eigenvalue weighted by Crippen LogP contribution is 2.31. The number of hydrogen-bond acceptors (Lipinski definition) is 5. The van der Waals surface area contributed by atoms with Crippen LogP contribution in [0.25, 0.3) is 5.78 Å². The van der Waals surface area contributed by atoms with Crippen molar-refractivity contribution < 1.29 is 9.21 Å². The van der Waals surface area contributed by atoms with E-state index >= 15 is 0 Å². The first-order chi connectivity index (χ1) is 10.8. The zero-order chi connectivity index (χ0) is 14.9. The molecular formula is C15H15N5O2. The molecule has 7 nitrogen and oxygen atoms in total. The largest absolute Gasteiger partial charge is 0.438 e. The van der Waals surface area contributed by atoms with E-state index < -0.39 is 0 Å². The average molecular weight is 297 g/mol. The fraction of sp³-hybridized carbons (Fsp3) is 0.333. The van der Waals surface area contributed by atoms with Gasteiger partial charge in [-0.25, -0.2) is 15.0 Å². The number of likely N-dealkylation sites (tertiary alicyclic amines) is 1. The van der Waals surface area contributed by atoms with Crippen LogP contribution in [0.2, 0.25) is 0 Å².